The van der Waals surface area contributed by atoms with Gasteiger partial charge in [-0.1, -0.05) is 0 Å². The van der Waals surface area contributed by atoms with Gasteiger partial charge in [0.15, 0.2) is 0 Å². The zero-order valence-corrected chi connectivity index (χ0v) is 23.3. The summed E-state index contributed by atoms with van der Waals surface area (Å²) in [6, 6.07) is 17.9. The molecule has 3 aliphatic heterocycles. The molecule has 3 aliphatic rings. The van der Waals surface area contributed by atoms with Gasteiger partial charge in [-0.2, -0.15) is 0 Å². The summed E-state index contributed by atoms with van der Waals surface area (Å²) in [7, 11) is 0. The third kappa shape index (κ3) is 5.94. The summed E-state index contributed by atoms with van der Waals surface area (Å²) in [4.78, 5) is 20.1. The highest BCUT2D eigenvalue weighted by molar-refractivity contribution is 5.94. The Morgan fingerprint density at radius 3 is 2.49 bits per heavy atom. The fourth-order valence-electron chi connectivity index (χ4n) is 6.50. The number of fused-ring (bicyclic) bond motifs is 1. The van der Waals surface area contributed by atoms with Crippen LogP contribution >= 0.6 is 0 Å². The minimum atomic E-state index is 0.139. The van der Waals surface area contributed by atoms with E-state index < -0.39 is 0 Å². The fourth-order valence-corrected chi connectivity index (χ4v) is 6.50. The molecule has 208 valence electrons. The number of nitrogens with zero attached hydrogens (tertiary/aromatic N) is 4. The van der Waals surface area contributed by atoms with Crippen molar-refractivity contribution in [2.24, 2.45) is 0 Å². The monoisotopic (exact) mass is 530 g/mol. The smallest absolute Gasteiger partial charge is 0.253 e. The Labute approximate surface area is 232 Å². The molecule has 0 aliphatic carbocycles. The van der Waals surface area contributed by atoms with E-state index in [1.165, 1.54) is 36.0 Å². The zero-order valence-electron chi connectivity index (χ0n) is 23.3. The summed E-state index contributed by atoms with van der Waals surface area (Å²) >= 11 is 0. The third-order valence-corrected chi connectivity index (χ3v) is 8.88. The quantitative estimate of drug-likeness (QED) is 0.375. The number of carbonyl (C=O) groups excluding carboxylic acids is 1. The molecule has 3 aromatic rings. The number of benzene rings is 2. The number of rotatable bonds is 8. The maximum atomic E-state index is 13.2. The lowest BCUT2D eigenvalue weighted by Crippen LogP contribution is -2.39. The molecule has 3 saturated heterocycles. The second-order valence-electron chi connectivity index (χ2n) is 11.3. The van der Waals surface area contributed by atoms with Crippen LogP contribution in [0.25, 0.3) is 10.9 Å². The molecule has 1 amide bonds. The number of hydrogen-bond donors (Lipinski definition) is 0. The zero-order chi connectivity index (χ0) is 26.6. The number of piperidine rings is 1. The highest BCUT2D eigenvalue weighted by atomic mass is 16.5. The van der Waals surface area contributed by atoms with Crippen molar-refractivity contribution in [3.8, 4) is 5.75 Å². The van der Waals surface area contributed by atoms with E-state index in [4.69, 9.17) is 9.47 Å². The summed E-state index contributed by atoms with van der Waals surface area (Å²) in [5.41, 5.74) is 3.19. The van der Waals surface area contributed by atoms with E-state index in [0.29, 0.717) is 6.04 Å². The van der Waals surface area contributed by atoms with Gasteiger partial charge >= 0.3 is 0 Å². The number of likely N-dealkylation sites (tertiary alicyclic amines) is 2. The van der Waals surface area contributed by atoms with Crippen LogP contribution < -0.4 is 9.64 Å². The van der Waals surface area contributed by atoms with E-state index in [2.05, 4.69) is 63.9 Å². The number of morpholine rings is 1. The molecule has 7 nitrogen and oxygen atoms in total. The number of hydrogen-bond acceptors (Lipinski definition) is 5. The van der Waals surface area contributed by atoms with Crippen LogP contribution in [0.2, 0.25) is 0 Å². The number of amides is 1. The SMILES string of the molecule is C[C@@H]1CCCN1CCCOc1ccc2c(ccn2C2CCN(C(=O)c3ccc(N4CCOCC4)cc3)CC2)c1. The van der Waals surface area contributed by atoms with Gasteiger partial charge in [0.2, 0.25) is 0 Å². The minimum absolute atomic E-state index is 0.139. The molecular formula is C32H42N4O3. The standard InChI is InChI=1S/C32H42N4O3/c1-25-4-2-14-33(25)15-3-21-39-30-9-10-31-27(24-30)11-18-36(31)29-12-16-35(17-13-29)32(37)26-5-7-28(8-6-26)34-19-22-38-23-20-34/h5-11,18,24-25,29H,2-4,12-17,19-23H2,1H3/t25-/m1/s1. The van der Waals surface area contributed by atoms with Gasteiger partial charge in [0.05, 0.1) is 19.8 Å². The van der Waals surface area contributed by atoms with E-state index in [0.717, 1.165) is 89.2 Å². The van der Waals surface area contributed by atoms with Crippen molar-refractivity contribution in [2.75, 3.05) is 64.0 Å². The first kappa shape index (κ1) is 26.2. The van der Waals surface area contributed by atoms with Crippen LogP contribution in [-0.2, 0) is 4.74 Å². The Morgan fingerprint density at radius 2 is 1.74 bits per heavy atom. The average Bonchev–Trinajstić information content (AvgIpc) is 3.61. The van der Waals surface area contributed by atoms with Crippen molar-refractivity contribution in [3.63, 3.8) is 0 Å². The average molecular weight is 531 g/mol. The maximum Gasteiger partial charge on any atom is 0.253 e. The van der Waals surface area contributed by atoms with Gasteiger partial charge < -0.3 is 28.7 Å². The largest absolute Gasteiger partial charge is 0.494 e. The lowest BCUT2D eigenvalue weighted by Gasteiger charge is -2.33. The van der Waals surface area contributed by atoms with Crippen LogP contribution in [0.1, 0.15) is 55.4 Å². The van der Waals surface area contributed by atoms with Gasteiger partial charge in [-0.15, -0.1) is 0 Å². The minimum Gasteiger partial charge on any atom is -0.494 e. The second kappa shape index (κ2) is 12.0. The molecule has 39 heavy (non-hydrogen) atoms. The van der Waals surface area contributed by atoms with E-state index in [1.54, 1.807) is 0 Å². The first-order valence-corrected chi connectivity index (χ1v) is 14.9. The van der Waals surface area contributed by atoms with E-state index in [-0.39, 0.29) is 5.91 Å². The van der Waals surface area contributed by atoms with Gasteiger partial charge in [-0.3, -0.25) is 4.79 Å². The number of anilines is 1. The predicted molar refractivity (Wildman–Crippen MR) is 156 cm³/mol. The Morgan fingerprint density at radius 1 is 0.949 bits per heavy atom. The summed E-state index contributed by atoms with van der Waals surface area (Å²) in [5, 5.41) is 1.22. The molecule has 0 spiro atoms. The second-order valence-corrected chi connectivity index (χ2v) is 11.3. The fraction of sp³-hybridized carbons (Fsp3) is 0.531. The van der Waals surface area contributed by atoms with Gasteiger partial charge in [-0.25, -0.2) is 0 Å². The summed E-state index contributed by atoms with van der Waals surface area (Å²) in [5.74, 6) is 1.09. The van der Waals surface area contributed by atoms with Crippen LogP contribution in [0.5, 0.6) is 5.75 Å². The molecule has 0 bridgehead atoms. The molecule has 0 saturated carbocycles. The van der Waals surface area contributed by atoms with Crippen molar-refractivity contribution in [1.29, 1.82) is 0 Å². The molecule has 1 atom stereocenters. The summed E-state index contributed by atoms with van der Waals surface area (Å²) < 4.78 is 13.9. The van der Waals surface area contributed by atoms with Crippen LogP contribution in [0.4, 0.5) is 5.69 Å². The van der Waals surface area contributed by atoms with Crippen molar-refractivity contribution in [1.82, 2.24) is 14.4 Å². The Balaban J connectivity index is 1.00. The number of carbonyl (C=O) groups is 1. The molecule has 0 N–H and O–H groups in total. The van der Waals surface area contributed by atoms with E-state index in [9.17, 15) is 4.79 Å². The Kier molecular flexibility index (Phi) is 8.07. The van der Waals surface area contributed by atoms with Gasteiger partial charge in [0.25, 0.3) is 5.91 Å². The molecule has 0 radical (unpaired) electrons. The molecule has 2 aromatic carbocycles. The Bertz CT molecular complexity index is 1240. The number of aromatic nitrogens is 1. The van der Waals surface area contributed by atoms with Crippen LogP contribution in [0.15, 0.2) is 54.7 Å². The van der Waals surface area contributed by atoms with Crippen molar-refractivity contribution < 1.29 is 14.3 Å². The first-order valence-electron chi connectivity index (χ1n) is 14.9. The van der Waals surface area contributed by atoms with Crippen LogP contribution in [-0.4, -0.2) is 85.4 Å². The van der Waals surface area contributed by atoms with Crippen LogP contribution in [0.3, 0.4) is 0 Å². The van der Waals surface area contributed by atoms with Gasteiger partial charge in [-0.05, 0) is 94.1 Å². The Hall–Kier alpha value is -3.03. The van der Waals surface area contributed by atoms with Crippen molar-refractivity contribution in [2.45, 2.75) is 51.1 Å². The van der Waals surface area contributed by atoms with Crippen molar-refractivity contribution in [3.05, 3.63) is 60.3 Å². The molecule has 4 heterocycles. The molecule has 1 aromatic heterocycles. The highest BCUT2D eigenvalue weighted by Gasteiger charge is 2.25. The summed E-state index contributed by atoms with van der Waals surface area (Å²) in [6.07, 6.45) is 7.86. The summed E-state index contributed by atoms with van der Waals surface area (Å²) in [6.45, 7) is 10.4. The van der Waals surface area contributed by atoms with Gasteiger partial charge in [0.1, 0.15) is 5.75 Å². The molecule has 6 rings (SSSR count). The lowest BCUT2D eigenvalue weighted by molar-refractivity contribution is 0.0696. The molecule has 0 unspecified atom stereocenters. The van der Waals surface area contributed by atoms with E-state index >= 15 is 0 Å². The van der Waals surface area contributed by atoms with E-state index in [1.807, 2.05) is 17.0 Å². The number of ether oxygens (including phenoxy) is 2. The first-order chi connectivity index (χ1) is 19.2. The molecule has 7 heteroatoms. The lowest BCUT2D eigenvalue weighted by atomic mass is 10.0. The van der Waals surface area contributed by atoms with Crippen LogP contribution in [0, 0.1) is 0 Å². The highest BCUT2D eigenvalue weighted by Crippen LogP contribution is 2.30. The normalized spacial score (nSPS) is 21.1. The molecular weight excluding hydrogens is 488 g/mol. The van der Waals surface area contributed by atoms with Gasteiger partial charge in [0, 0.05) is 73.2 Å². The maximum absolute atomic E-state index is 13.2. The van der Waals surface area contributed by atoms with Crippen molar-refractivity contribution >= 4 is 22.5 Å². The topological polar surface area (TPSA) is 50.2 Å². The predicted octanol–water partition coefficient (Wildman–Crippen LogP) is 5.21. The molecule has 3 fully saturated rings. The third-order valence-electron chi connectivity index (χ3n) is 8.88.